The molecule has 6 nitrogen and oxygen atoms in total. The van der Waals surface area contributed by atoms with Crippen LogP contribution in [0.2, 0.25) is 5.02 Å². The number of anilines is 1. The van der Waals surface area contributed by atoms with E-state index in [1.54, 1.807) is 19.9 Å². The molecule has 0 spiro atoms. The van der Waals surface area contributed by atoms with Gasteiger partial charge in [-0.2, -0.15) is 4.31 Å². The van der Waals surface area contributed by atoms with Crippen molar-refractivity contribution >= 4 is 45.6 Å². The molecule has 1 heterocycles. The quantitative estimate of drug-likeness (QED) is 0.775. The molecule has 136 valence electrons. The van der Waals surface area contributed by atoms with Crippen molar-refractivity contribution in [2.45, 2.75) is 37.6 Å². The van der Waals surface area contributed by atoms with Gasteiger partial charge in [-0.3, -0.25) is 4.79 Å². The van der Waals surface area contributed by atoms with E-state index in [-0.39, 0.29) is 34.3 Å². The van der Waals surface area contributed by atoms with Crippen molar-refractivity contribution in [1.29, 1.82) is 0 Å². The molecule has 0 aromatic heterocycles. The van der Waals surface area contributed by atoms with E-state index >= 15 is 0 Å². The lowest BCUT2D eigenvalue weighted by molar-refractivity contribution is -0.117. The number of halogens is 2. The molecule has 1 aliphatic rings. The Bertz CT molecular complexity index is 673. The number of amides is 1. The molecule has 0 radical (unpaired) electrons. The fourth-order valence-corrected chi connectivity index (χ4v) is 4.58. The number of rotatable bonds is 6. The molecule has 1 unspecified atom stereocenters. The van der Waals surface area contributed by atoms with E-state index in [2.05, 4.69) is 10.6 Å². The van der Waals surface area contributed by atoms with Crippen LogP contribution >= 0.6 is 24.0 Å². The summed E-state index contributed by atoms with van der Waals surface area (Å²) in [6.07, 6.45) is 1.74. The topological polar surface area (TPSA) is 78.5 Å². The van der Waals surface area contributed by atoms with Crippen molar-refractivity contribution in [3.63, 3.8) is 0 Å². The van der Waals surface area contributed by atoms with Gasteiger partial charge in [-0.25, -0.2) is 8.42 Å². The van der Waals surface area contributed by atoms with Crippen LogP contribution in [0.25, 0.3) is 0 Å². The minimum Gasteiger partial charge on any atom is -0.325 e. The second-order valence-electron chi connectivity index (χ2n) is 5.37. The number of hydrogen-bond donors (Lipinski definition) is 2. The molecular formula is C15H23Cl2N3O3S. The van der Waals surface area contributed by atoms with Crippen molar-refractivity contribution in [2.24, 2.45) is 0 Å². The van der Waals surface area contributed by atoms with E-state index in [9.17, 15) is 13.2 Å². The Kier molecular flexibility index (Phi) is 7.95. The summed E-state index contributed by atoms with van der Waals surface area (Å²) in [4.78, 5) is 12.2. The van der Waals surface area contributed by atoms with Crippen LogP contribution < -0.4 is 10.6 Å². The molecule has 9 heteroatoms. The van der Waals surface area contributed by atoms with Gasteiger partial charge in [0.2, 0.25) is 15.9 Å². The van der Waals surface area contributed by atoms with Gasteiger partial charge in [-0.1, -0.05) is 25.4 Å². The van der Waals surface area contributed by atoms with Crippen LogP contribution in [-0.4, -0.2) is 44.3 Å². The van der Waals surface area contributed by atoms with Crippen molar-refractivity contribution in [1.82, 2.24) is 9.62 Å². The highest BCUT2D eigenvalue weighted by Crippen LogP contribution is 2.28. The zero-order chi connectivity index (χ0) is 17.0. The van der Waals surface area contributed by atoms with Crippen molar-refractivity contribution in [3.8, 4) is 0 Å². The van der Waals surface area contributed by atoms with E-state index in [1.807, 2.05) is 0 Å². The molecule has 1 saturated heterocycles. The number of sulfonamides is 1. The fourth-order valence-electron chi connectivity index (χ4n) is 2.62. The fraction of sp³-hybridized carbons (Fsp3) is 0.533. The molecule has 0 aliphatic carbocycles. The first-order valence-electron chi connectivity index (χ1n) is 7.74. The molecule has 24 heavy (non-hydrogen) atoms. The van der Waals surface area contributed by atoms with Crippen LogP contribution in [0.3, 0.4) is 0 Å². The lowest BCUT2D eigenvalue weighted by Gasteiger charge is -2.20. The van der Waals surface area contributed by atoms with E-state index in [0.717, 1.165) is 19.4 Å². The van der Waals surface area contributed by atoms with Crippen LogP contribution in [0, 0.1) is 0 Å². The molecule has 1 atom stereocenters. The summed E-state index contributed by atoms with van der Waals surface area (Å²) in [5, 5.41) is 6.01. The van der Waals surface area contributed by atoms with Gasteiger partial charge in [-0.05, 0) is 37.6 Å². The third-order valence-corrected chi connectivity index (χ3v) is 6.43. The van der Waals surface area contributed by atoms with Gasteiger partial charge in [0, 0.05) is 18.8 Å². The standard InChI is InChI=1S/C15H22ClN3O3S.ClH/c1-3-19(4-2)23(21,22)14-10-11(7-8-12(14)16)18-15(20)13-6-5-9-17-13;/h7-8,10,13,17H,3-6,9H2,1-2H3,(H,18,20);1H. The minimum absolute atomic E-state index is 0. The smallest absolute Gasteiger partial charge is 0.244 e. The maximum atomic E-state index is 12.6. The summed E-state index contributed by atoms with van der Waals surface area (Å²) in [5.41, 5.74) is 0.429. The van der Waals surface area contributed by atoms with Crippen molar-refractivity contribution in [2.75, 3.05) is 25.0 Å². The normalized spacial score (nSPS) is 17.6. The van der Waals surface area contributed by atoms with Crippen molar-refractivity contribution < 1.29 is 13.2 Å². The van der Waals surface area contributed by atoms with Crippen LogP contribution in [0.15, 0.2) is 23.1 Å². The molecule has 1 fully saturated rings. The number of hydrogen-bond acceptors (Lipinski definition) is 4. The van der Waals surface area contributed by atoms with Crippen LogP contribution in [-0.2, 0) is 14.8 Å². The Morgan fingerprint density at radius 2 is 2.04 bits per heavy atom. The Labute approximate surface area is 154 Å². The number of benzene rings is 1. The molecular weight excluding hydrogens is 373 g/mol. The summed E-state index contributed by atoms with van der Waals surface area (Å²) < 4.78 is 26.6. The minimum atomic E-state index is -3.67. The maximum absolute atomic E-state index is 12.6. The molecule has 1 aliphatic heterocycles. The summed E-state index contributed by atoms with van der Waals surface area (Å²) >= 11 is 6.07. The Morgan fingerprint density at radius 1 is 1.38 bits per heavy atom. The lowest BCUT2D eigenvalue weighted by Crippen LogP contribution is -2.35. The van der Waals surface area contributed by atoms with Gasteiger partial charge in [0.15, 0.2) is 0 Å². The SMILES string of the molecule is CCN(CC)S(=O)(=O)c1cc(NC(=O)C2CCCN2)ccc1Cl.Cl. The van der Waals surface area contributed by atoms with Gasteiger partial charge in [0.1, 0.15) is 4.90 Å². The monoisotopic (exact) mass is 395 g/mol. The lowest BCUT2D eigenvalue weighted by atomic mass is 10.2. The first kappa shape index (κ1) is 21.2. The third-order valence-electron chi connectivity index (χ3n) is 3.90. The number of carbonyl (C=O) groups is 1. The zero-order valence-corrected chi connectivity index (χ0v) is 16.1. The number of nitrogens with one attached hydrogen (secondary N) is 2. The molecule has 1 aromatic carbocycles. The predicted octanol–water partition coefficient (Wildman–Crippen LogP) is 2.48. The Balaban J connectivity index is 0.00000288. The summed E-state index contributed by atoms with van der Waals surface area (Å²) in [6.45, 7) is 5.08. The van der Waals surface area contributed by atoms with Gasteiger partial charge in [0.05, 0.1) is 11.1 Å². The molecule has 0 bridgehead atoms. The number of carbonyl (C=O) groups excluding carboxylic acids is 1. The van der Waals surface area contributed by atoms with E-state index in [1.165, 1.54) is 16.4 Å². The molecule has 2 rings (SSSR count). The molecule has 1 aromatic rings. The second-order valence-corrected chi connectivity index (χ2v) is 7.69. The Morgan fingerprint density at radius 3 is 2.58 bits per heavy atom. The highest BCUT2D eigenvalue weighted by molar-refractivity contribution is 7.89. The van der Waals surface area contributed by atoms with Crippen LogP contribution in [0.4, 0.5) is 5.69 Å². The first-order valence-corrected chi connectivity index (χ1v) is 9.56. The summed E-state index contributed by atoms with van der Waals surface area (Å²) in [6, 6.07) is 4.29. The van der Waals surface area contributed by atoms with Gasteiger partial charge in [0.25, 0.3) is 0 Å². The first-order chi connectivity index (χ1) is 10.9. The van der Waals surface area contributed by atoms with E-state index in [0.29, 0.717) is 18.8 Å². The second kappa shape index (κ2) is 9.01. The molecule has 2 N–H and O–H groups in total. The molecule has 0 saturated carbocycles. The van der Waals surface area contributed by atoms with Gasteiger partial charge >= 0.3 is 0 Å². The highest BCUT2D eigenvalue weighted by atomic mass is 35.5. The average molecular weight is 396 g/mol. The largest absolute Gasteiger partial charge is 0.325 e. The summed E-state index contributed by atoms with van der Waals surface area (Å²) in [5.74, 6) is -0.156. The third kappa shape index (κ3) is 4.61. The predicted molar refractivity (Wildman–Crippen MR) is 98.5 cm³/mol. The van der Waals surface area contributed by atoms with Gasteiger partial charge < -0.3 is 10.6 Å². The Hall–Kier alpha value is -0.860. The average Bonchev–Trinajstić information content (AvgIpc) is 3.04. The van der Waals surface area contributed by atoms with E-state index in [4.69, 9.17) is 11.6 Å². The highest BCUT2D eigenvalue weighted by Gasteiger charge is 2.26. The summed E-state index contributed by atoms with van der Waals surface area (Å²) in [7, 11) is -3.67. The zero-order valence-electron chi connectivity index (χ0n) is 13.7. The van der Waals surface area contributed by atoms with Gasteiger partial charge in [-0.15, -0.1) is 12.4 Å². The van der Waals surface area contributed by atoms with Crippen LogP contribution in [0.5, 0.6) is 0 Å². The number of nitrogens with zero attached hydrogens (tertiary/aromatic N) is 1. The van der Waals surface area contributed by atoms with Crippen LogP contribution in [0.1, 0.15) is 26.7 Å². The van der Waals surface area contributed by atoms with Crippen molar-refractivity contribution in [3.05, 3.63) is 23.2 Å². The molecule has 1 amide bonds. The van der Waals surface area contributed by atoms with E-state index < -0.39 is 10.0 Å². The maximum Gasteiger partial charge on any atom is 0.244 e.